The summed E-state index contributed by atoms with van der Waals surface area (Å²) >= 11 is 0. The quantitative estimate of drug-likeness (QED) is 0.655. The van der Waals surface area contributed by atoms with E-state index in [-0.39, 0.29) is 22.8 Å². The van der Waals surface area contributed by atoms with Crippen LogP contribution in [0.15, 0.2) is 53.4 Å². The number of aromatic hydroxyl groups is 1. The summed E-state index contributed by atoms with van der Waals surface area (Å²) < 4.78 is 27.3. The molecule has 0 aromatic heterocycles. The van der Waals surface area contributed by atoms with Crippen LogP contribution in [0.2, 0.25) is 0 Å². The number of sulfonamides is 1. The molecule has 3 N–H and O–H groups in total. The second kappa shape index (κ2) is 8.62. The fourth-order valence-corrected chi connectivity index (χ4v) is 4.89. The molecule has 1 aliphatic heterocycles. The minimum absolute atomic E-state index is 0.000534. The zero-order chi connectivity index (χ0) is 21.0. The number of phenols is 1. The molecule has 154 valence electrons. The number of carbonyl (C=O) groups excluding carboxylic acids is 2. The molecule has 1 atom stereocenters. The number of hydrazine groups is 1. The molecule has 2 aromatic carbocycles. The van der Waals surface area contributed by atoms with Crippen LogP contribution in [0, 0.1) is 6.92 Å². The lowest BCUT2D eigenvalue weighted by Gasteiger charge is -2.33. The van der Waals surface area contributed by atoms with E-state index in [1.165, 1.54) is 28.6 Å². The summed E-state index contributed by atoms with van der Waals surface area (Å²) in [5, 5.41) is 9.73. The number of phenolic OH excluding ortho intramolecular Hbond substituents is 1. The number of piperidine rings is 1. The van der Waals surface area contributed by atoms with E-state index >= 15 is 0 Å². The summed E-state index contributed by atoms with van der Waals surface area (Å²) in [6, 6.07) is 11.4. The molecular weight excluding hydrogens is 394 g/mol. The Morgan fingerprint density at radius 2 is 1.72 bits per heavy atom. The van der Waals surface area contributed by atoms with Gasteiger partial charge in [0.15, 0.2) is 0 Å². The first kappa shape index (κ1) is 20.8. The van der Waals surface area contributed by atoms with Crippen molar-refractivity contribution in [3.8, 4) is 5.75 Å². The number of hydrogen-bond donors (Lipinski definition) is 3. The van der Waals surface area contributed by atoms with E-state index in [9.17, 15) is 23.1 Å². The van der Waals surface area contributed by atoms with Gasteiger partial charge in [0.05, 0.1) is 10.5 Å². The van der Waals surface area contributed by atoms with Crippen LogP contribution >= 0.6 is 0 Å². The number of rotatable bonds is 4. The Morgan fingerprint density at radius 1 is 1.03 bits per heavy atom. The minimum atomic E-state index is -3.85. The highest BCUT2D eigenvalue weighted by Gasteiger charge is 2.37. The van der Waals surface area contributed by atoms with Gasteiger partial charge >= 0.3 is 0 Å². The van der Waals surface area contributed by atoms with Crippen molar-refractivity contribution in [2.24, 2.45) is 0 Å². The molecule has 0 saturated carbocycles. The summed E-state index contributed by atoms with van der Waals surface area (Å²) in [4.78, 5) is 25.0. The van der Waals surface area contributed by atoms with E-state index in [1.807, 2.05) is 6.92 Å². The standard InChI is InChI=1S/C20H23N3O5S/c1-14-9-11-15(12-10-14)29(27,28)23-13-5-4-7-17(23)20(26)22-21-19(25)16-6-2-3-8-18(16)24/h2-3,6,8-12,17,24H,4-5,7,13H2,1H3,(H,21,25)(H,22,26). The van der Waals surface area contributed by atoms with E-state index < -0.39 is 27.9 Å². The highest BCUT2D eigenvalue weighted by molar-refractivity contribution is 7.89. The third-order valence-electron chi connectivity index (χ3n) is 4.83. The maximum atomic E-state index is 13.0. The molecule has 1 unspecified atom stereocenters. The number of amides is 2. The Hall–Kier alpha value is -2.91. The van der Waals surface area contributed by atoms with Crippen molar-refractivity contribution in [1.82, 2.24) is 15.2 Å². The molecule has 1 heterocycles. The lowest BCUT2D eigenvalue weighted by molar-refractivity contribution is -0.126. The van der Waals surface area contributed by atoms with Gasteiger partial charge in [-0.25, -0.2) is 8.42 Å². The molecule has 0 bridgehead atoms. The molecule has 9 heteroatoms. The van der Waals surface area contributed by atoms with E-state index in [4.69, 9.17) is 0 Å². The Morgan fingerprint density at radius 3 is 2.41 bits per heavy atom. The Labute approximate surface area is 169 Å². The number of para-hydroxylation sites is 1. The van der Waals surface area contributed by atoms with Gasteiger partial charge in [-0.2, -0.15) is 4.31 Å². The first-order valence-corrected chi connectivity index (χ1v) is 10.7. The van der Waals surface area contributed by atoms with Gasteiger partial charge in [0.2, 0.25) is 10.0 Å². The smallest absolute Gasteiger partial charge is 0.273 e. The van der Waals surface area contributed by atoms with Crippen LogP contribution in [0.4, 0.5) is 0 Å². The molecule has 1 fully saturated rings. The number of benzene rings is 2. The molecule has 0 radical (unpaired) electrons. The zero-order valence-corrected chi connectivity index (χ0v) is 16.8. The summed E-state index contributed by atoms with van der Waals surface area (Å²) in [6.45, 7) is 2.09. The molecule has 2 amide bonds. The van der Waals surface area contributed by atoms with Crippen molar-refractivity contribution in [1.29, 1.82) is 0 Å². The van der Waals surface area contributed by atoms with Crippen molar-refractivity contribution in [3.63, 3.8) is 0 Å². The number of nitrogens with one attached hydrogen (secondary N) is 2. The second-order valence-electron chi connectivity index (χ2n) is 6.90. The van der Waals surface area contributed by atoms with Crippen LogP contribution in [0.25, 0.3) is 0 Å². The summed E-state index contributed by atoms with van der Waals surface area (Å²) in [5.74, 6) is -1.54. The molecule has 2 aromatic rings. The lowest BCUT2D eigenvalue weighted by Crippen LogP contribution is -2.55. The predicted octanol–water partition coefficient (Wildman–Crippen LogP) is 1.71. The maximum Gasteiger partial charge on any atom is 0.273 e. The van der Waals surface area contributed by atoms with E-state index in [0.717, 1.165) is 5.56 Å². The van der Waals surface area contributed by atoms with Crippen LogP contribution in [0.5, 0.6) is 5.75 Å². The number of carbonyl (C=O) groups is 2. The summed E-state index contributed by atoms with van der Waals surface area (Å²) in [6.07, 6.45) is 1.70. The van der Waals surface area contributed by atoms with Crippen LogP contribution in [-0.4, -0.2) is 42.2 Å². The van der Waals surface area contributed by atoms with Crippen molar-refractivity contribution < 1.29 is 23.1 Å². The highest BCUT2D eigenvalue weighted by Crippen LogP contribution is 2.25. The van der Waals surface area contributed by atoms with Crippen LogP contribution in [0.3, 0.4) is 0 Å². The monoisotopic (exact) mass is 417 g/mol. The fraction of sp³-hybridized carbons (Fsp3) is 0.300. The molecule has 0 spiro atoms. The summed E-state index contributed by atoms with van der Waals surface area (Å²) in [5.41, 5.74) is 5.46. The van der Waals surface area contributed by atoms with Crippen molar-refractivity contribution in [2.75, 3.05) is 6.54 Å². The SMILES string of the molecule is Cc1ccc(S(=O)(=O)N2CCCCC2C(=O)NNC(=O)c2ccccc2O)cc1. The van der Waals surface area contributed by atoms with Gasteiger partial charge in [-0.3, -0.25) is 20.4 Å². The van der Waals surface area contributed by atoms with Gasteiger partial charge in [-0.05, 0) is 44.0 Å². The highest BCUT2D eigenvalue weighted by atomic mass is 32.2. The van der Waals surface area contributed by atoms with Crippen LogP contribution < -0.4 is 10.9 Å². The van der Waals surface area contributed by atoms with Crippen molar-refractivity contribution >= 4 is 21.8 Å². The van der Waals surface area contributed by atoms with E-state index in [1.54, 1.807) is 24.3 Å². The first-order valence-electron chi connectivity index (χ1n) is 9.27. The number of aryl methyl sites for hydroxylation is 1. The maximum absolute atomic E-state index is 13.0. The van der Waals surface area contributed by atoms with Gasteiger partial charge in [0.1, 0.15) is 11.8 Å². The van der Waals surface area contributed by atoms with Crippen molar-refractivity contribution in [3.05, 3.63) is 59.7 Å². The zero-order valence-electron chi connectivity index (χ0n) is 16.0. The molecule has 0 aliphatic carbocycles. The topological polar surface area (TPSA) is 116 Å². The van der Waals surface area contributed by atoms with Crippen molar-refractivity contribution in [2.45, 2.75) is 37.1 Å². The lowest BCUT2D eigenvalue weighted by atomic mass is 10.0. The Bertz CT molecular complexity index is 1010. The number of hydrogen-bond acceptors (Lipinski definition) is 5. The second-order valence-corrected chi connectivity index (χ2v) is 8.79. The molecular formula is C20H23N3O5S. The third kappa shape index (κ3) is 4.57. The van der Waals surface area contributed by atoms with Gasteiger partial charge < -0.3 is 5.11 Å². The van der Waals surface area contributed by atoms with Gasteiger partial charge in [0.25, 0.3) is 11.8 Å². The van der Waals surface area contributed by atoms with Crippen LogP contribution in [0.1, 0.15) is 35.2 Å². The average Bonchev–Trinajstić information content (AvgIpc) is 2.72. The minimum Gasteiger partial charge on any atom is -0.507 e. The number of nitrogens with zero attached hydrogens (tertiary/aromatic N) is 1. The fourth-order valence-electron chi connectivity index (χ4n) is 3.24. The third-order valence-corrected chi connectivity index (χ3v) is 6.75. The van der Waals surface area contributed by atoms with Gasteiger partial charge in [0, 0.05) is 6.54 Å². The Kier molecular flexibility index (Phi) is 6.19. The van der Waals surface area contributed by atoms with Gasteiger partial charge in [-0.1, -0.05) is 36.2 Å². The molecule has 1 aliphatic rings. The Balaban J connectivity index is 1.73. The normalized spacial score (nSPS) is 17.5. The largest absolute Gasteiger partial charge is 0.507 e. The molecule has 29 heavy (non-hydrogen) atoms. The van der Waals surface area contributed by atoms with E-state index in [0.29, 0.717) is 19.3 Å². The molecule has 8 nitrogen and oxygen atoms in total. The van der Waals surface area contributed by atoms with Crippen LogP contribution in [-0.2, 0) is 14.8 Å². The van der Waals surface area contributed by atoms with E-state index in [2.05, 4.69) is 10.9 Å². The average molecular weight is 417 g/mol. The van der Waals surface area contributed by atoms with Gasteiger partial charge in [-0.15, -0.1) is 0 Å². The summed E-state index contributed by atoms with van der Waals surface area (Å²) in [7, 11) is -3.85. The predicted molar refractivity (Wildman–Crippen MR) is 106 cm³/mol. The molecule has 3 rings (SSSR count). The first-order chi connectivity index (χ1) is 13.8. The molecule has 1 saturated heterocycles.